The van der Waals surface area contributed by atoms with Gasteiger partial charge in [0.1, 0.15) is 5.56 Å². The Balaban J connectivity index is 1.78. The van der Waals surface area contributed by atoms with E-state index in [0.29, 0.717) is 6.54 Å². The van der Waals surface area contributed by atoms with Crippen molar-refractivity contribution in [2.45, 2.75) is 6.42 Å². The fraction of sp³-hybridized carbons (Fsp3) is 0.500. The Morgan fingerprint density at radius 3 is 2.76 bits per heavy atom. The maximum Gasteiger partial charge on any atom is 0.282 e. The van der Waals surface area contributed by atoms with Crippen molar-refractivity contribution in [2.75, 3.05) is 39.4 Å². The Bertz CT molecular complexity index is 501. The number of carbonyl (C=O) groups is 1. The molecule has 21 heavy (non-hydrogen) atoms. The number of hydrogen-bond donors (Lipinski definition) is 1. The van der Waals surface area contributed by atoms with Crippen LogP contribution in [0.3, 0.4) is 0 Å². The van der Waals surface area contributed by atoms with Crippen LogP contribution < -0.4 is 5.32 Å². The van der Waals surface area contributed by atoms with E-state index in [1.807, 2.05) is 0 Å². The molecule has 0 spiro atoms. The van der Waals surface area contributed by atoms with E-state index in [9.17, 15) is 14.9 Å². The Kier molecular flexibility index (Phi) is 5.65. The minimum atomic E-state index is -0.539. The van der Waals surface area contributed by atoms with Crippen molar-refractivity contribution in [1.82, 2.24) is 10.2 Å². The second-order valence-corrected chi connectivity index (χ2v) is 4.84. The van der Waals surface area contributed by atoms with Crippen LogP contribution in [0.25, 0.3) is 0 Å². The predicted molar refractivity (Wildman–Crippen MR) is 77.3 cm³/mol. The predicted octanol–water partition coefficient (Wildman–Crippen LogP) is 1.05. The summed E-state index contributed by atoms with van der Waals surface area (Å²) in [6, 6.07) is 5.97. The van der Waals surface area contributed by atoms with Crippen molar-refractivity contribution in [3.05, 3.63) is 39.9 Å². The number of para-hydroxylation sites is 1. The molecule has 0 aromatic heterocycles. The van der Waals surface area contributed by atoms with Gasteiger partial charge in [-0.3, -0.25) is 19.8 Å². The van der Waals surface area contributed by atoms with Crippen LogP contribution in [0.4, 0.5) is 5.69 Å². The lowest BCUT2D eigenvalue weighted by molar-refractivity contribution is -0.385. The highest BCUT2D eigenvalue weighted by Crippen LogP contribution is 2.17. The summed E-state index contributed by atoms with van der Waals surface area (Å²) in [6.45, 7) is 4.73. The van der Waals surface area contributed by atoms with E-state index < -0.39 is 10.8 Å². The molecule has 0 radical (unpaired) electrons. The number of nitro groups is 1. The Hall–Kier alpha value is -1.99. The van der Waals surface area contributed by atoms with Gasteiger partial charge in [0, 0.05) is 25.7 Å². The van der Waals surface area contributed by atoms with Gasteiger partial charge in [0.25, 0.3) is 11.6 Å². The molecular formula is C14H19N3O4. The van der Waals surface area contributed by atoms with E-state index in [-0.39, 0.29) is 11.3 Å². The van der Waals surface area contributed by atoms with Crippen LogP contribution in [-0.2, 0) is 4.74 Å². The number of nitrogens with zero attached hydrogens (tertiary/aromatic N) is 2. The van der Waals surface area contributed by atoms with E-state index in [2.05, 4.69) is 10.2 Å². The fourth-order valence-corrected chi connectivity index (χ4v) is 2.25. The summed E-state index contributed by atoms with van der Waals surface area (Å²) in [4.78, 5) is 24.6. The number of nitro benzene ring substituents is 1. The zero-order valence-corrected chi connectivity index (χ0v) is 11.8. The number of hydrogen-bond acceptors (Lipinski definition) is 5. The van der Waals surface area contributed by atoms with E-state index in [1.54, 1.807) is 12.1 Å². The fourth-order valence-electron chi connectivity index (χ4n) is 2.25. The monoisotopic (exact) mass is 293 g/mol. The second-order valence-electron chi connectivity index (χ2n) is 4.84. The zero-order chi connectivity index (χ0) is 15.1. The maximum absolute atomic E-state index is 12.0. The van der Waals surface area contributed by atoms with Crippen LogP contribution in [-0.4, -0.2) is 55.1 Å². The molecule has 1 fully saturated rings. The molecule has 1 aliphatic rings. The molecule has 1 aromatic rings. The van der Waals surface area contributed by atoms with Gasteiger partial charge in [-0.25, -0.2) is 0 Å². The summed E-state index contributed by atoms with van der Waals surface area (Å²) in [6.07, 6.45) is 0.812. The summed E-state index contributed by atoms with van der Waals surface area (Å²) in [5, 5.41) is 13.6. The number of amides is 1. The quantitative estimate of drug-likeness (QED) is 0.481. The molecule has 1 saturated heterocycles. The molecule has 1 aromatic carbocycles. The number of carbonyl (C=O) groups excluding carboxylic acids is 1. The number of nitrogens with one attached hydrogen (secondary N) is 1. The van der Waals surface area contributed by atoms with Crippen LogP contribution in [0.1, 0.15) is 16.8 Å². The first-order valence-electron chi connectivity index (χ1n) is 7.00. The lowest BCUT2D eigenvalue weighted by Gasteiger charge is -2.26. The summed E-state index contributed by atoms with van der Waals surface area (Å²) < 4.78 is 5.26. The topological polar surface area (TPSA) is 84.7 Å². The van der Waals surface area contributed by atoms with E-state index in [0.717, 1.165) is 39.3 Å². The third-order valence-corrected chi connectivity index (χ3v) is 3.39. The summed E-state index contributed by atoms with van der Waals surface area (Å²) >= 11 is 0. The van der Waals surface area contributed by atoms with E-state index in [1.165, 1.54) is 12.1 Å². The van der Waals surface area contributed by atoms with Gasteiger partial charge in [-0.15, -0.1) is 0 Å². The average Bonchev–Trinajstić information content (AvgIpc) is 2.52. The normalized spacial score (nSPS) is 15.6. The van der Waals surface area contributed by atoms with Gasteiger partial charge in [-0.1, -0.05) is 12.1 Å². The summed E-state index contributed by atoms with van der Waals surface area (Å²) in [7, 11) is 0. The average molecular weight is 293 g/mol. The lowest BCUT2D eigenvalue weighted by Crippen LogP contribution is -2.38. The number of rotatable bonds is 6. The minimum absolute atomic E-state index is 0.105. The van der Waals surface area contributed by atoms with Gasteiger partial charge in [-0.2, -0.15) is 0 Å². The van der Waals surface area contributed by atoms with Crippen LogP contribution in [0, 0.1) is 10.1 Å². The molecule has 0 unspecified atom stereocenters. The van der Waals surface area contributed by atoms with Gasteiger partial charge < -0.3 is 10.1 Å². The van der Waals surface area contributed by atoms with Gasteiger partial charge >= 0.3 is 0 Å². The molecule has 1 amide bonds. The first-order valence-corrected chi connectivity index (χ1v) is 7.00. The Labute approximate surface area is 123 Å². The lowest BCUT2D eigenvalue weighted by atomic mass is 10.1. The molecule has 1 N–H and O–H groups in total. The highest BCUT2D eigenvalue weighted by molar-refractivity contribution is 5.98. The van der Waals surface area contributed by atoms with Crippen LogP contribution in [0.15, 0.2) is 24.3 Å². The third-order valence-electron chi connectivity index (χ3n) is 3.39. The summed E-state index contributed by atoms with van der Waals surface area (Å²) in [5.74, 6) is -0.399. The van der Waals surface area contributed by atoms with Crippen LogP contribution >= 0.6 is 0 Å². The minimum Gasteiger partial charge on any atom is -0.379 e. The van der Waals surface area contributed by atoms with E-state index in [4.69, 9.17) is 4.74 Å². The second kappa shape index (κ2) is 7.70. The van der Waals surface area contributed by atoms with Crippen molar-refractivity contribution >= 4 is 11.6 Å². The molecule has 1 aliphatic heterocycles. The maximum atomic E-state index is 12.0. The Morgan fingerprint density at radius 2 is 2.05 bits per heavy atom. The van der Waals surface area contributed by atoms with Crippen LogP contribution in [0.2, 0.25) is 0 Å². The standard InChI is InChI=1S/C14H19N3O4/c18-14(12-4-1-2-5-13(12)17(19)20)15-6-3-7-16-8-10-21-11-9-16/h1-2,4-5H,3,6-11H2,(H,15,18). The van der Waals surface area contributed by atoms with Crippen molar-refractivity contribution in [3.8, 4) is 0 Å². The van der Waals surface area contributed by atoms with Gasteiger partial charge in [0.15, 0.2) is 0 Å². The molecule has 1 heterocycles. The molecule has 0 atom stereocenters. The van der Waals surface area contributed by atoms with Gasteiger partial charge in [-0.05, 0) is 19.0 Å². The van der Waals surface area contributed by atoms with Crippen molar-refractivity contribution in [1.29, 1.82) is 0 Å². The zero-order valence-electron chi connectivity index (χ0n) is 11.8. The molecule has 7 nitrogen and oxygen atoms in total. The molecule has 2 rings (SSSR count). The highest BCUT2D eigenvalue weighted by atomic mass is 16.6. The molecule has 0 aliphatic carbocycles. The number of morpholine rings is 1. The molecule has 0 saturated carbocycles. The van der Waals surface area contributed by atoms with Gasteiger partial charge in [0.2, 0.25) is 0 Å². The van der Waals surface area contributed by atoms with E-state index >= 15 is 0 Å². The molecule has 0 bridgehead atoms. The van der Waals surface area contributed by atoms with Crippen molar-refractivity contribution < 1.29 is 14.5 Å². The third kappa shape index (κ3) is 4.51. The first kappa shape index (κ1) is 15.4. The number of benzene rings is 1. The van der Waals surface area contributed by atoms with Gasteiger partial charge in [0.05, 0.1) is 18.1 Å². The van der Waals surface area contributed by atoms with Crippen molar-refractivity contribution in [3.63, 3.8) is 0 Å². The largest absolute Gasteiger partial charge is 0.379 e. The molecular weight excluding hydrogens is 274 g/mol. The molecule has 7 heteroatoms. The smallest absolute Gasteiger partial charge is 0.282 e. The Morgan fingerprint density at radius 1 is 1.33 bits per heavy atom. The SMILES string of the molecule is O=C(NCCCN1CCOCC1)c1ccccc1[N+](=O)[O-]. The molecule has 114 valence electrons. The van der Waals surface area contributed by atoms with Crippen molar-refractivity contribution in [2.24, 2.45) is 0 Å². The number of ether oxygens (including phenoxy) is 1. The highest BCUT2D eigenvalue weighted by Gasteiger charge is 2.18. The summed E-state index contributed by atoms with van der Waals surface area (Å²) in [5.41, 5.74) is -0.0583. The first-order chi connectivity index (χ1) is 10.2. The van der Waals surface area contributed by atoms with Crippen LogP contribution in [0.5, 0.6) is 0 Å².